The highest BCUT2D eigenvalue weighted by Crippen LogP contribution is 2.27. The van der Waals surface area contributed by atoms with Gasteiger partial charge in [0.25, 0.3) is 5.91 Å². The van der Waals surface area contributed by atoms with Crippen LogP contribution in [0.4, 0.5) is 11.5 Å². The monoisotopic (exact) mass is 421 g/mol. The lowest BCUT2D eigenvalue weighted by molar-refractivity contribution is 0.102. The zero-order chi connectivity index (χ0) is 17.6. The van der Waals surface area contributed by atoms with Gasteiger partial charge in [0.15, 0.2) is 5.65 Å². The summed E-state index contributed by atoms with van der Waals surface area (Å²) in [5.74, 6) is 0.0750. The minimum Gasteiger partial charge on any atom is -0.384 e. The Morgan fingerprint density at radius 2 is 1.88 bits per heavy atom. The van der Waals surface area contributed by atoms with Crippen molar-refractivity contribution in [3.63, 3.8) is 0 Å². The topological polar surface area (TPSA) is 85.3 Å². The highest BCUT2D eigenvalue weighted by Gasteiger charge is 2.15. The molecular formula is C17H20BrN5OS. The van der Waals surface area contributed by atoms with Gasteiger partial charge in [-0.3, -0.25) is 4.79 Å². The lowest BCUT2D eigenvalue weighted by atomic mass is 10.0. The number of thiophene rings is 1. The fourth-order valence-electron chi connectivity index (χ4n) is 2.66. The molecule has 0 spiro atoms. The van der Waals surface area contributed by atoms with Crippen molar-refractivity contribution in [2.24, 2.45) is 0 Å². The van der Waals surface area contributed by atoms with Gasteiger partial charge in [-0.15, -0.1) is 11.3 Å². The van der Waals surface area contributed by atoms with Crippen molar-refractivity contribution < 1.29 is 4.79 Å². The van der Waals surface area contributed by atoms with Gasteiger partial charge in [0, 0.05) is 17.0 Å². The van der Waals surface area contributed by atoms with Crippen LogP contribution in [-0.2, 0) is 0 Å². The van der Waals surface area contributed by atoms with E-state index in [9.17, 15) is 4.79 Å². The fraction of sp³-hybridized carbons (Fsp3) is 0.353. The van der Waals surface area contributed by atoms with Crippen LogP contribution in [0.1, 0.15) is 48.9 Å². The zero-order valence-electron chi connectivity index (χ0n) is 13.7. The summed E-state index contributed by atoms with van der Waals surface area (Å²) in [5.41, 5.74) is 7.16. The molecule has 1 amide bonds. The van der Waals surface area contributed by atoms with Crippen LogP contribution in [0.5, 0.6) is 0 Å². The van der Waals surface area contributed by atoms with E-state index in [1.54, 1.807) is 12.3 Å². The highest BCUT2D eigenvalue weighted by molar-refractivity contribution is 9.10. The van der Waals surface area contributed by atoms with Crippen LogP contribution in [-0.4, -0.2) is 20.5 Å². The predicted octanol–water partition coefficient (Wildman–Crippen LogP) is 4.73. The molecule has 1 saturated carbocycles. The number of nitrogens with two attached hydrogens (primary N) is 1. The second-order valence-corrected chi connectivity index (χ2v) is 7.49. The summed E-state index contributed by atoms with van der Waals surface area (Å²) in [6.07, 6.45) is 12.1. The van der Waals surface area contributed by atoms with Crippen LogP contribution < -0.4 is 11.1 Å². The summed E-state index contributed by atoms with van der Waals surface area (Å²) in [6.45, 7) is 0. The number of hydrogen-bond donors (Lipinski definition) is 2. The Morgan fingerprint density at radius 3 is 2.48 bits per heavy atom. The molecule has 8 heteroatoms. The van der Waals surface area contributed by atoms with Crippen LogP contribution in [0.3, 0.4) is 0 Å². The van der Waals surface area contributed by atoms with E-state index in [0.29, 0.717) is 17.0 Å². The van der Waals surface area contributed by atoms with Crippen molar-refractivity contribution in [1.82, 2.24) is 14.6 Å². The largest absolute Gasteiger partial charge is 0.384 e. The number of nitrogens with one attached hydrogen (secondary N) is 1. The standard InChI is InChI=1S/C11H8BrN5OS.C6H12/c12-7-4-19-5-8(7)15-11(18)6-3-14-17-2-1-9(13)16-10(6)17;1-2-4-6-5-3-1/h1-5H,(H2,13,16)(H,15,18);1-6H2. The summed E-state index contributed by atoms with van der Waals surface area (Å²) >= 11 is 4.85. The number of nitrogen functional groups attached to an aromatic ring is 1. The maximum absolute atomic E-state index is 12.2. The molecule has 3 heterocycles. The van der Waals surface area contributed by atoms with E-state index >= 15 is 0 Å². The minimum atomic E-state index is -0.271. The molecule has 1 fully saturated rings. The molecule has 0 aliphatic heterocycles. The SMILES string of the molecule is C1CCCCC1.Nc1ccn2ncc(C(=O)Nc3cscc3Br)c2n1. The van der Waals surface area contributed by atoms with E-state index in [2.05, 4.69) is 31.3 Å². The van der Waals surface area contributed by atoms with Gasteiger partial charge in [-0.05, 0) is 22.0 Å². The average molecular weight is 422 g/mol. The summed E-state index contributed by atoms with van der Waals surface area (Å²) in [7, 11) is 0. The van der Waals surface area contributed by atoms with E-state index in [-0.39, 0.29) is 5.91 Å². The van der Waals surface area contributed by atoms with E-state index in [1.165, 1.54) is 60.6 Å². The Morgan fingerprint density at radius 1 is 1.20 bits per heavy atom. The second-order valence-electron chi connectivity index (χ2n) is 5.89. The number of carbonyl (C=O) groups excluding carboxylic acids is 1. The Kier molecular flexibility index (Phi) is 6.04. The number of hydrogen-bond acceptors (Lipinski definition) is 5. The third-order valence-electron chi connectivity index (χ3n) is 4.00. The quantitative estimate of drug-likeness (QED) is 0.625. The van der Waals surface area contributed by atoms with Crippen LogP contribution in [0, 0.1) is 0 Å². The number of anilines is 2. The molecule has 6 nitrogen and oxygen atoms in total. The minimum absolute atomic E-state index is 0.271. The molecule has 132 valence electrons. The normalized spacial score (nSPS) is 14.0. The number of carbonyl (C=O) groups is 1. The molecule has 1 aliphatic rings. The van der Waals surface area contributed by atoms with E-state index < -0.39 is 0 Å². The molecule has 0 atom stereocenters. The molecule has 25 heavy (non-hydrogen) atoms. The van der Waals surface area contributed by atoms with E-state index in [4.69, 9.17) is 5.73 Å². The molecule has 0 radical (unpaired) electrons. The lowest BCUT2D eigenvalue weighted by Gasteiger charge is -2.05. The predicted molar refractivity (Wildman–Crippen MR) is 105 cm³/mol. The third-order valence-corrected chi connectivity index (χ3v) is 5.70. The fourth-order valence-corrected chi connectivity index (χ4v) is 3.99. The summed E-state index contributed by atoms with van der Waals surface area (Å²) in [4.78, 5) is 16.3. The molecular weight excluding hydrogens is 402 g/mol. The van der Waals surface area contributed by atoms with Crippen molar-refractivity contribution in [1.29, 1.82) is 0 Å². The third kappa shape index (κ3) is 4.58. The number of fused-ring (bicyclic) bond motifs is 1. The smallest absolute Gasteiger partial charge is 0.261 e. The van der Waals surface area contributed by atoms with Gasteiger partial charge >= 0.3 is 0 Å². The Balaban J connectivity index is 0.000000258. The zero-order valence-corrected chi connectivity index (χ0v) is 16.1. The Bertz CT molecular complexity index is 844. The molecule has 0 aromatic carbocycles. The number of rotatable bonds is 2. The summed E-state index contributed by atoms with van der Waals surface area (Å²) < 4.78 is 2.35. The van der Waals surface area contributed by atoms with Crippen LogP contribution in [0.2, 0.25) is 0 Å². The second kappa shape index (κ2) is 8.44. The van der Waals surface area contributed by atoms with E-state index in [0.717, 1.165) is 10.2 Å². The van der Waals surface area contributed by atoms with Crippen molar-refractivity contribution in [2.75, 3.05) is 11.1 Å². The van der Waals surface area contributed by atoms with Gasteiger partial charge in [0.05, 0.1) is 16.4 Å². The molecule has 3 aromatic rings. The molecule has 1 aliphatic carbocycles. The molecule has 3 N–H and O–H groups in total. The van der Waals surface area contributed by atoms with Crippen molar-refractivity contribution in [2.45, 2.75) is 38.5 Å². The van der Waals surface area contributed by atoms with Crippen molar-refractivity contribution in [3.8, 4) is 0 Å². The van der Waals surface area contributed by atoms with Gasteiger partial charge in [-0.1, -0.05) is 38.5 Å². The molecule has 3 aromatic heterocycles. The molecule has 0 saturated heterocycles. The lowest BCUT2D eigenvalue weighted by Crippen LogP contribution is -2.12. The van der Waals surface area contributed by atoms with Crippen LogP contribution >= 0.6 is 27.3 Å². The first-order valence-corrected chi connectivity index (χ1v) is 10.0. The van der Waals surface area contributed by atoms with Gasteiger partial charge in [0.1, 0.15) is 11.4 Å². The number of nitrogens with zero attached hydrogens (tertiary/aromatic N) is 3. The average Bonchev–Trinajstić information content (AvgIpc) is 3.23. The number of aromatic nitrogens is 3. The van der Waals surface area contributed by atoms with Gasteiger partial charge in [-0.2, -0.15) is 5.10 Å². The molecule has 4 rings (SSSR count). The van der Waals surface area contributed by atoms with Crippen molar-refractivity contribution >= 4 is 50.3 Å². The van der Waals surface area contributed by atoms with Crippen LogP contribution in [0.15, 0.2) is 33.7 Å². The first-order valence-electron chi connectivity index (χ1n) is 8.28. The Labute approximate surface area is 158 Å². The Hall–Kier alpha value is -1.93. The van der Waals surface area contributed by atoms with Gasteiger partial charge in [0.2, 0.25) is 0 Å². The molecule has 0 unspecified atom stereocenters. The number of amides is 1. The first-order chi connectivity index (χ1) is 12.1. The van der Waals surface area contributed by atoms with Gasteiger partial charge < -0.3 is 11.1 Å². The summed E-state index contributed by atoms with van der Waals surface area (Å²) in [5, 5.41) is 10.6. The van der Waals surface area contributed by atoms with Crippen LogP contribution in [0.25, 0.3) is 5.65 Å². The maximum atomic E-state index is 12.2. The van der Waals surface area contributed by atoms with Gasteiger partial charge in [-0.25, -0.2) is 9.50 Å². The van der Waals surface area contributed by atoms with E-state index in [1.807, 2.05) is 10.8 Å². The van der Waals surface area contributed by atoms with Crippen molar-refractivity contribution in [3.05, 3.63) is 39.3 Å². The first kappa shape index (κ1) is 17.9. The highest BCUT2D eigenvalue weighted by atomic mass is 79.9. The molecule has 0 bridgehead atoms. The maximum Gasteiger partial charge on any atom is 0.261 e. The number of halogens is 1. The summed E-state index contributed by atoms with van der Waals surface area (Å²) in [6, 6.07) is 1.62.